The van der Waals surface area contributed by atoms with Crippen LogP contribution in [-0.2, 0) is 0 Å². The normalized spacial score (nSPS) is 11.8. The molecule has 22 heavy (non-hydrogen) atoms. The Balaban J connectivity index is 2.11. The molecule has 0 aromatic heterocycles. The second kappa shape index (κ2) is 6.39. The van der Waals surface area contributed by atoms with E-state index in [2.05, 4.69) is 0 Å². The molecule has 0 saturated heterocycles. The highest BCUT2D eigenvalue weighted by Crippen LogP contribution is 2.27. The van der Waals surface area contributed by atoms with E-state index in [-0.39, 0.29) is 11.3 Å². The van der Waals surface area contributed by atoms with Crippen molar-refractivity contribution in [3.8, 4) is 17.2 Å². The van der Waals surface area contributed by atoms with Gasteiger partial charge < -0.3 is 19.7 Å². The predicted molar refractivity (Wildman–Crippen MR) is 81.7 cm³/mol. The minimum atomic E-state index is -1.19. The fraction of sp³-hybridized carbons (Fsp3) is 0.235. The molecule has 0 aliphatic heterocycles. The van der Waals surface area contributed by atoms with Crippen LogP contribution in [0.2, 0.25) is 0 Å². The van der Waals surface area contributed by atoms with Gasteiger partial charge in [-0.05, 0) is 37.1 Å². The van der Waals surface area contributed by atoms with E-state index in [1.54, 1.807) is 6.92 Å². The van der Waals surface area contributed by atoms with Gasteiger partial charge in [0.05, 0.1) is 0 Å². The van der Waals surface area contributed by atoms with Gasteiger partial charge in [-0.3, -0.25) is 0 Å². The minimum absolute atomic E-state index is 0.171. The summed E-state index contributed by atoms with van der Waals surface area (Å²) in [6, 6.07) is 9.87. The first-order valence-corrected chi connectivity index (χ1v) is 6.84. The molecule has 0 fully saturated rings. The van der Waals surface area contributed by atoms with E-state index in [0.717, 1.165) is 16.9 Å². The lowest BCUT2D eigenvalue weighted by Gasteiger charge is -2.19. The summed E-state index contributed by atoms with van der Waals surface area (Å²) in [4.78, 5) is 10.8. The summed E-state index contributed by atoms with van der Waals surface area (Å²) in [7, 11) is 0. The standard InChI is InChI=1S/C17H18O5/c1-10-5-4-6-11(2)16(10)22-12(3)21-13-7-8-14(17(19)20)15(18)9-13/h4-9,12,18H,1-3H3,(H,19,20). The Labute approximate surface area is 128 Å². The van der Waals surface area contributed by atoms with Crippen molar-refractivity contribution in [3.05, 3.63) is 53.1 Å². The zero-order valence-corrected chi connectivity index (χ0v) is 12.7. The molecule has 5 nitrogen and oxygen atoms in total. The van der Waals surface area contributed by atoms with Crippen molar-refractivity contribution >= 4 is 5.97 Å². The Kier molecular flexibility index (Phi) is 4.56. The molecule has 1 unspecified atom stereocenters. The second-order valence-corrected chi connectivity index (χ2v) is 5.01. The lowest BCUT2D eigenvalue weighted by atomic mass is 10.1. The molecule has 1 atom stereocenters. The van der Waals surface area contributed by atoms with Crippen molar-refractivity contribution in [1.29, 1.82) is 0 Å². The van der Waals surface area contributed by atoms with Gasteiger partial charge in [-0.1, -0.05) is 18.2 Å². The van der Waals surface area contributed by atoms with Crippen LogP contribution in [-0.4, -0.2) is 22.5 Å². The van der Waals surface area contributed by atoms with E-state index in [1.165, 1.54) is 18.2 Å². The number of phenols is 1. The molecule has 0 amide bonds. The summed E-state index contributed by atoms with van der Waals surface area (Å²) in [6.45, 7) is 5.62. The maximum Gasteiger partial charge on any atom is 0.339 e. The summed E-state index contributed by atoms with van der Waals surface area (Å²) >= 11 is 0. The quantitative estimate of drug-likeness (QED) is 0.827. The maximum atomic E-state index is 10.8. The highest BCUT2D eigenvalue weighted by molar-refractivity contribution is 5.90. The van der Waals surface area contributed by atoms with Gasteiger partial charge in [0.25, 0.3) is 0 Å². The molecule has 0 aliphatic carbocycles. The minimum Gasteiger partial charge on any atom is -0.507 e. The van der Waals surface area contributed by atoms with Crippen LogP contribution < -0.4 is 9.47 Å². The van der Waals surface area contributed by atoms with Gasteiger partial charge in [0.15, 0.2) is 0 Å². The molecule has 0 aliphatic rings. The van der Waals surface area contributed by atoms with E-state index >= 15 is 0 Å². The predicted octanol–water partition coefficient (Wildman–Crippen LogP) is 3.51. The third-order valence-corrected chi connectivity index (χ3v) is 3.19. The molecule has 2 rings (SSSR count). The number of para-hydroxylation sites is 1. The topological polar surface area (TPSA) is 76.0 Å². The zero-order chi connectivity index (χ0) is 16.3. The number of aromatic hydroxyl groups is 1. The van der Waals surface area contributed by atoms with Gasteiger partial charge in [0.2, 0.25) is 6.29 Å². The van der Waals surface area contributed by atoms with Crippen molar-refractivity contribution < 1.29 is 24.5 Å². The first-order valence-electron chi connectivity index (χ1n) is 6.84. The SMILES string of the molecule is Cc1cccc(C)c1OC(C)Oc1ccc(C(=O)O)c(O)c1. The summed E-state index contributed by atoms with van der Waals surface area (Å²) in [5, 5.41) is 18.5. The fourth-order valence-electron chi connectivity index (χ4n) is 2.13. The molecule has 5 heteroatoms. The number of carboxylic acids is 1. The zero-order valence-electron chi connectivity index (χ0n) is 12.7. The summed E-state index contributed by atoms with van der Waals surface area (Å²) in [5.41, 5.74) is 1.83. The number of benzene rings is 2. The van der Waals surface area contributed by atoms with Crippen LogP contribution in [0.5, 0.6) is 17.2 Å². The first-order chi connectivity index (χ1) is 10.4. The molecule has 116 valence electrons. The van der Waals surface area contributed by atoms with E-state index < -0.39 is 12.3 Å². The van der Waals surface area contributed by atoms with E-state index in [1.807, 2.05) is 32.0 Å². The van der Waals surface area contributed by atoms with Gasteiger partial charge in [0.1, 0.15) is 22.8 Å². The van der Waals surface area contributed by atoms with Crippen LogP contribution in [0.3, 0.4) is 0 Å². The monoisotopic (exact) mass is 302 g/mol. The third-order valence-electron chi connectivity index (χ3n) is 3.19. The van der Waals surface area contributed by atoms with Gasteiger partial charge in [-0.25, -0.2) is 4.79 Å². The molecule has 0 spiro atoms. The number of carbonyl (C=O) groups is 1. The number of hydrogen-bond acceptors (Lipinski definition) is 4. The van der Waals surface area contributed by atoms with E-state index in [4.69, 9.17) is 14.6 Å². The van der Waals surface area contributed by atoms with Gasteiger partial charge in [0, 0.05) is 13.0 Å². The average Bonchev–Trinajstić information content (AvgIpc) is 2.42. The fourth-order valence-corrected chi connectivity index (χ4v) is 2.13. The van der Waals surface area contributed by atoms with Crippen LogP contribution in [0.4, 0.5) is 0 Å². The molecule has 2 N–H and O–H groups in total. The Bertz CT molecular complexity index is 673. The van der Waals surface area contributed by atoms with Crippen molar-refractivity contribution in [1.82, 2.24) is 0 Å². The molecular formula is C17H18O5. The van der Waals surface area contributed by atoms with Crippen LogP contribution >= 0.6 is 0 Å². The molecule has 2 aromatic carbocycles. The second-order valence-electron chi connectivity index (χ2n) is 5.01. The first kappa shape index (κ1) is 15.7. The number of ether oxygens (including phenoxy) is 2. The smallest absolute Gasteiger partial charge is 0.339 e. The summed E-state index contributed by atoms with van der Waals surface area (Å²) in [5.74, 6) is -0.448. The molecule has 0 heterocycles. The van der Waals surface area contributed by atoms with Gasteiger partial charge >= 0.3 is 5.97 Å². The number of aromatic carboxylic acids is 1. The molecular weight excluding hydrogens is 284 g/mol. The summed E-state index contributed by atoms with van der Waals surface area (Å²) < 4.78 is 11.3. The van der Waals surface area contributed by atoms with Gasteiger partial charge in [-0.2, -0.15) is 0 Å². The van der Waals surface area contributed by atoms with Crippen molar-refractivity contribution in [2.24, 2.45) is 0 Å². The highest BCUT2D eigenvalue weighted by atomic mass is 16.7. The van der Waals surface area contributed by atoms with Crippen molar-refractivity contribution in [2.45, 2.75) is 27.1 Å². The van der Waals surface area contributed by atoms with Crippen LogP contribution in [0.25, 0.3) is 0 Å². The Morgan fingerprint density at radius 2 is 1.73 bits per heavy atom. The molecule has 0 saturated carbocycles. The lowest BCUT2D eigenvalue weighted by Crippen LogP contribution is -2.20. The average molecular weight is 302 g/mol. The number of aryl methyl sites for hydroxylation is 2. The van der Waals surface area contributed by atoms with Crippen molar-refractivity contribution in [3.63, 3.8) is 0 Å². The van der Waals surface area contributed by atoms with Crippen LogP contribution in [0.15, 0.2) is 36.4 Å². The van der Waals surface area contributed by atoms with E-state index in [0.29, 0.717) is 5.75 Å². The largest absolute Gasteiger partial charge is 0.507 e. The van der Waals surface area contributed by atoms with Gasteiger partial charge in [-0.15, -0.1) is 0 Å². The Hall–Kier alpha value is -2.69. The lowest BCUT2D eigenvalue weighted by molar-refractivity contribution is 0.0211. The molecule has 2 aromatic rings. The number of rotatable bonds is 5. The van der Waals surface area contributed by atoms with Crippen molar-refractivity contribution in [2.75, 3.05) is 0 Å². The summed E-state index contributed by atoms with van der Waals surface area (Å²) in [6.07, 6.45) is -0.588. The molecule has 0 bridgehead atoms. The maximum absolute atomic E-state index is 10.8. The number of carboxylic acid groups (broad SMARTS) is 1. The Morgan fingerprint density at radius 1 is 1.09 bits per heavy atom. The highest BCUT2D eigenvalue weighted by Gasteiger charge is 2.13. The molecule has 0 radical (unpaired) electrons. The van der Waals surface area contributed by atoms with Crippen LogP contribution in [0, 0.1) is 13.8 Å². The van der Waals surface area contributed by atoms with Crippen LogP contribution in [0.1, 0.15) is 28.4 Å². The Morgan fingerprint density at radius 3 is 2.27 bits per heavy atom. The van der Waals surface area contributed by atoms with E-state index in [9.17, 15) is 9.90 Å². The third kappa shape index (κ3) is 3.49. The number of hydrogen-bond donors (Lipinski definition) is 2.